The van der Waals surface area contributed by atoms with Gasteiger partial charge in [-0.1, -0.05) is 12.1 Å². The van der Waals surface area contributed by atoms with Crippen LogP contribution in [0.15, 0.2) is 24.3 Å². The zero-order valence-corrected chi connectivity index (χ0v) is 8.12. The first-order chi connectivity index (χ1) is 6.81. The van der Waals surface area contributed by atoms with Crippen molar-refractivity contribution in [1.29, 1.82) is 0 Å². The van der Waals surface area contributed by atoms with Crippen LogP contribution >= 0.6 is 0 Å². The van der Waals surface area contributed by atoms with Gasteiger partial charge in [0.25, 0.3) is 0 Å². The highest BCUT2D eigenvalue weighted by Gasteiger charge is 2.24. The molecule has 1 aliphatic rings. The molecule has 1 unspecified atom stereocenters. The van der Waals surface area contributed by atoms with Crippen LogP contribution in [0.1, 0.15) is 18.0 Å². The lowest BCUT2D eigenvalue weighted by molar-refractivity contribution is 0.122. The van der Waals surface area contributed by atoms with Crippen LogP contribution in [0.3, 0.4) is 0 Å². The Balaban J connectivity index is 2.17. The summed E-state index contributed by atoms with van der Waals surface area (Å²) in [7, 11) is 0. The highest BCUT2D eigenvalue weighted by molar-refractivity contribution is 5.21. The van der Waals surface area contributed by atoms with Crippen LogP contribution in [0.4, 0.5) is 4.39 Å². The molecule has 1 aliphatic heterocycles. The van der Waals surface area contributed by atoms with Crippen LogP contribution in [-0.2, 0) is 0 Å². The molecule has 0 radical (unpaired) electrons. The van der Waals surface area contributed by atoms with Gasteiger partial charge in [-0.05, 0) is 24.1 Å². The van der Waals surface area contributed by atoms with Gasteiger partial charge in [0, 0.05) is 25.7 Å². The Morgan fingerprint density at radius 1 is 1.43 bits per heavy atom. The topological polar surface area (TPSA) is 29.3 Å². The van der Waals surface area contributed by atoms with Crippen LogP contribution < -0.4 is 5.73 Å². The van der Waals surface area contributed by atoms with E-state index in [9.17, 15) is 4.39 Å². The standard InChI is InChI=1S/C11H15FN2/c12-10-4-1-3-9(7-10)11(8-13)14-5-2-6-14/h1,3-4,7,11H,2,5-6,8,13H2. The highest BCUT2D eigenvalue weighted by atomic mass is 19.1. The first-order valence-electron chi connectivity index (χ1n) is 5.01. The minimum absolute atomic E-state index is 0.179. The fourth-order valence-corrected chi connectivity index (χ4v) is 1.86. The lowest BCUT2D eigenvalue weighted by Crippen LogP contribution is -2.43. The average Bonchev–Trinajstić information content (AvgIpc) is 2.10. The third-order valence-corrected chi connectivity index (χ3v) is 2.79. The van der Waals surface area contributed by atoms with E-state index >= 15 is 0 Å². The molecule has 0 amide bonds. The van der Waals surface area contributed by atoms with E-state index in [0.29, 0.717) is 6.54 Å². The van der Waals surface area contributed by atoms with Crippen LogP contribution in [0.2, 0.25) is 0 Å². The molecule has 1 aromatic rings. The molecule has 3 heteroatoms. The van der Waals surface area contributed by atoms with E-state index in [1.54, 1.807) is 12.1 Å². The zero-order chi connectivity index (χ0) is 9.97. The molecule has 14 heavy (non-hydrogen) atoms. The summed E-state index contributed by atoms with van der Waals surface area (Å²) in [6.45, 7) is 2.72. The molecule has 0 aliphatic carbocycles. The highest BCUT2D eigenvalue weighted by Crippen LogP contribution is 2.24. The molecular formula is C11H15FN2. The minimum atomic E-state index is -0.179. The fourth-order valence-electron chi connectivity index (χ4n) is 1.86. The average molecular weight is 194 g/mol. The predicted molar refractivity (Wildman–Crippen MR) is 54.4 cm³/mol. The number of nitrogens with two attached hydrogens (primary N) is 1. The molecule has 2 nitrogen and oxygen atoms in total. The number of hydrogen-bond donors (Lipinski definition) is 1. The Morgan fingerprint density at radius 2 is 2.21 bits per heavy atom. The molecular weight excluding hydrogens is 179 g/mol. The molecule has 1 heterocycles. The third-order valence-electron chi connectivity index (χ3n) is 2.79. The Bertz CT molecular complexity index is 310. The van der Waals surface area contributed by atoms with Gasteiger partial charge in [0.2, 0.25) is 0 Å². The van der Waals surface area contributed by atoms with Crippen molar-refractivity contribution in [2.24, 2.45) is 5.73 Å². The first kappa shape index (κ1) is 9.62. The van der Waals surface area contributed by atoms with Crippen molar-refractivity contribution in [2.45, 2.75) is 12.5 Å². The van der Waals surface area contributed by atoms with Crippen molar-refractivity contribution in [3.05, 3.63) is 35.6 Å². The van der Waals surface area contributed by atoms with Gasteiger partial charge in [0.1, 0.15) is 5.82 Å². The predicted octanol–water partition coefficient (Wildman–Crippen LogP) is 1.53. The van der Waals surface area contributed by atoms with Gasteiger partial charge in [0.05, 0.1) is 0 Å². The summed E-state index contributed by atoms with van der Waals surface area (Å²) in [5.41, 5.74) is 6.69. The Labute approximate surface area is 83.5 Å². The van der Waals surface area contributed by atoms with Gasteiger partial charge in [-0.2, -0.15) is 0 Å². The fraction of sp³-hybridized carbons (Fsp3) is 0.455. The van der Waals surface area contributed by atoms with E-state index in [1.165, 1.54) is 12.5 Å². The summed E-state index contributed by atoms with van der Waals surface area (Å²) in [5, 5.41) is 0. The van der Waals surface area contributed by atoms with Gasteiger partial charge in [-0.15, -0.1) is 0 Å². The van der Waals surface area contributed by atoms with E-state index in [1.807, 2.05) is 6.07 Å². The van der Waals surface area contributed by atoms with Crippen LogP contribution in [0, 0.1) is 5.82 Å². The molecule has 0 spiro atoms. The zero-order valence-electron chi connectivity index (χ0n) is 8.12. The summed E-state index contributed by atoms with van der Waals surface area (Å²) in [5.74, 6) is -0.179. The van der Waals surface area contributed by atoms with Crippen molar-refractivity contribution < 1.29 is 4.39 Å². The molecule has 2 N–H and O–H groups in total. The van der Waals surface area contributed by atoms with E-state index in [0.717, 1.165) is 18.7 Å². The van der Waals surface area contributed by atoms with Crippen LogP contribution in [-0.4, -0.2) is 24.5 Å². The third kappa shape index (κ3) is 1.79. The number of nitrogens with zero attached hydrogens (tertiary/aromatic N) is 1. The maximum atomic E-state index is 13.0. The SMILES string of the molecule is NCC(c1cccc(F)c1)N1CCC1. The smallest absolute Gasteiger partial charge is 0.123 e. The second-order valence-electron chi connectivity index (χ2n) is 3.70. The summed E-state index contributed by atoms with van der Waals surface area (Å²) in [6, 6.07) is 6.93. The van der Waals surface area contributed by atoms with Gasteiger partial charge in [-0.25, -0.2) is 4.39 Å². The monoisotopic (exact) mass is 194 g/mol. The summed E-state index contributed by atoms with van der Waals surface area (Å²) >= 11 is 0. The van der Waals surface area contributed by atoms with Gasteiger partial charge >= 0.3 is 0 Å². The molecule has 1 atom stereocenters. The molecule has 1 saturated heterocycles. The van der Waals surface area contributed by atoms with Gasteiger partial charge in [0.15, 0.2) is 0 Å². The normalized spacial score (nSPS) is 19.0. The molecule has 2 rings (SSSR count). The lowest BCUT2D eigenvalue weighted by atomic mass is 10.0. The van der Waals surface area contributed by atoms with Crippen molar-refractivity contribution in [3.8, 4) is 0 Å². The van der Waals surface area contributed by atoms with Crippen LogP contribution in [0.25, 0.3) is 0 Å². The second kappa shape index (κ2) is 4.07. The molecule has 76 valence electrons. The number of likely N-dealkylation sites (tertiary alicyclic amines) is 1. The van der Waals surface area contributed by atoms with Gasteiger partial charge < -0.3 is 5.73 Å². The summed E-state index contributed by atoms with van der Waals surface area (Å²) < 4.78 is 13.0. The molecule has 1 fully saturated rings. The van der Waals surface area contributed by atoms with E-state index in [-0.39, 0.29) is 11.9 Å². The molecule has 0 aromatic heterocycles. The number of benzene rings is 1. The maximum absolute atomic E-state index is 13.0. The lowest BCUT2D eigenvalue weighted by Gasteiger charge is -2.38. The number of rotatable bonds is 3. The second-order valence-corrected chi connectivity index (χ2v) is 3.70. The summed E-state index contributed by atoms with van der Waals surface area (Å²) in [4.78, 5) is 2.29. The quantitative estimate of drug-likeness (QED) is 0.790. The minimum Gasteiger partial charge on any atom is -0.329 e. The molecule has 0 bridgehead atoms. The Hall–Kier alpha value is -0.930. The number of hydrogen-bond acceptors (Lipinski definition) is 2. The number of halogens is 1. The van der Waals surface area contributed by atoms with Crippen molar-refractivity contribution >= 4 is 0 Å². The Morgan fingerprint density at radius 3 is 2.71 bits per heavy atom. The van der Waals surface area contributed by atoms with Crippen molar-refractivity contribution in [3.63, 3.8) is 0 Å². The maximum Gasteiger partial charge on any atom is 0.123 e. The van der Waals surface area contributed by atoms with E-state index < -0.39 is 0 Å². The van der Waals surface area contributed by atoms with Crippen LogP contribution in [0.5, 0.6) is 0 Å². The van der Waals surface area contributed by atoms with Gasteiger partial charge in [-0.3, -0.25) is 4.90 Å². The van der Waals surface area contributed by atoms with E-state index in [4.69, 9.17) is 5.73 Å². The molecule has 1 aromatic carbocycles. The van der Waals surface area contributed by atoms with Crippen molar-refractivity contribution in [2.75, 3.05) is 19.6 Å². The Kier molecular flexibility index (Phi) is 2.79. The van der Waals surface area contributed by atoms with E-state index in [2.05, 4.69) is 4.90 Å². The largest absolute Gasteiger partial charge is 0.329 e. The summed E-state index contributed by atoms with van der Waals surface area (Å²) in [6.07, 6.45) is 1.23. The van der Waals surface area contributed by atoms with Crippen molar-refractivity contribution in [1.82, 2.24) is 4.90 Å². The first-order valence-corrected chi connectivity index (χ1v) is 5.01. The molecule has 0 saturated carbocycles.